The number of terminal acetylenes is 1. The van der Waals surface area contributed by atoms with Crippen molar-refractivity contribution in [3.8, 4) is 12.3 Å². The molecule has 3 aliphatic rings. The minimum absolute atomic E-state index is 0.00628. The lowest BCUT2D eigenvalue weighted by Crippen LogP contribution is -2.50. The van der Waals surface area contributed by atoms with Crippen LogP contribution in [0.15, 0.2) is 0 Å². The van der Waals surface area contributed by atoms with Crippen LogP contribution in [0.3, 0.4) is 0 Å². The summed E-state index contributed by atoms with van der Waals surface area (Å²) in [5.41, 5.74) is -0.430. The summed E-state index contributed by atoms with van der Waals surface area (Å²) in [5, 5.41) is 1.07. The van der Waals surface area contributed by atoms with Gasteiger partial charge in [0.05, 0.1) is 26.1 Å². The maximum atomic E-state index is 12.1. The maximum Gasteiger partial charge on any atom is 0.334 e. The van der Waals surface area contributed by atoms with Crippen LogP contribution < -0.4 is 0 Å². The first-order chi connectivity index (χ1) is 18.6. The zero-order valence-corrected chi connectivity index (χ0v) is 23.4. The summed E-state index contributed by atoms with van der Waals surface area (Å²) in [6, 6.07) is 0. The Morgan fingerprint density at radius 3 is 1.64 bits per heavy atom. The first kappa shape index (κ1) is 30.9. The van der Waals surface area contributed by atoms with E-state index < -0.39 is 46.8 Å². The highest BCUT2D eigenvalue weighted by Crippen LogP contribution is 2.37. The van der Waals surface area contributed by atoms with E-state index in [0.717, 1.165) is 0 Å². The van der Waals surface area contributed by atoms with E-state index in [1.807, 2.05) is 6.92 Å². The van der Waals surface area contributed by atoms with Crippen LogP contribution in [0, 0.1) is 17.8 Å². The second kappa shape index (κ2) is 14.2. The number of hydrogen-bond acceptors (Lipinski definition) is 12. The van der Waals surface area contributed by atoms with Gasteiger partial charge in [-0.2, -0.15) is 23.5 Å². The standard InChI is InChI=1S/C25H32N2O10S2/c1-3-4-11-24(2)34-14-25(15-35-24,16-38-12-9-22(32)36-26-18(28)5-6-19(26)29)17-39-13-10-23(33)37-27-20(30)7-8-21(27)31/h1H,4-17H2,2H3. The average Bonchev–Trinajstić information content (AvgIpc) is 3.40. The Labute approximate surface area is 235 Å². The van der Waals surface area contributed by atoms with Gasteiger partial charge in [0.25, 0.3) is 23.6 Å². The predicted molar refractivity (Wildman–Crippen MR) is 139 cm³/mol. The molecule has 3 rings (SSSR count). The molecule has 0 bridgehead atoms. The molecular formula is C25H32N2O10S2. The molecule has 0 spiro atoms. The Balaban J connectivity index is 1.46. The summed E-state index contributed by atoms with van der Waals surface area (Å²) in [4.78, 5) is 80.5. The van der Waals surface area contributed by atoms with Crippen LogP contribution in [-0.2, 0) is 47.9 Å². The van der Waals surface area contributed by atoms with Crippen molar-refractivity contribution >= 4 is 59.1 Å². The van der Waals surface area contributed by atoms with Crippen molar-refractivity contribution in [1.82, 2.24) is 10.1 Å². The van der Waals surface area contributed by atoms with Gasteiger partial charge in [-0.15, -0.1) is 22.5 Å². The zero-order valence-electron chi connectivity index (χ0n) is 21.8. The molecule has 0 aromatic heterocycles. The third kappa shape index (κ3) is 8.96. The number of ether oxygens (including phenoxy) is 2. The van der Waals surface area contributed by atoms with Crippen LogP contribution in [0.5, 0.6) is 0 Å². The van der Waals surface area contributed by atoms with Gasteiger partial charge >= 0.3 is 11.9 Å². The third-order valence-electron chi connectivity index (χ3n) is 6.21. The van der Waals surface area contributed by atoms with Gasteiger partial charge in [-0.05, 0) is 6.92 Å². The Morgan fingerprint density at radius 1 is 0.846 bits per heavy atom. The molecule has 0 atom stereocenters. The first-order valence-electron chi connectivity index (χ1n) is 12.6. The SMILES string of the molecule is C#CCCC1(C)OCC(CSCCC(=O)ON2C(=O)CCC2=O)(CSCCC(=O)ON2C(=O)CCC2=O)CO1. The fourth-order valence-corrected chi connectivity index (χ4v) is 6.29. The second-order valence-corrected chi connectivity index (χ2v) is 11.8. The molecule has 14 heteroatoms. The molecule has 0 saturated carbocycles. The molecule has 0 aromatic carbocycles. The van der Waals surface area contributed by atoms with Gasteiger partial charge < -0.3 is 19.1 Å². The fraction of sp³-hybridized carbons (Fsp3) is 0.680. The number of nitrogens with zero attached hydrogens (tertiary/aromatic N) is 2. The molecule has 214 valence electrons. The third-order valence-corrected chi connectivity index (χ3v) is 8.82. The van der Waals surface area contributed by atoms with Gasteiger partial charge in [0, 0.05) is 67.0 Å². The Bertz CT molecular complexity index is 927. The second-order valence-electron chi connectivity index (χ2n) is 9.61. The lowest BCUT2D eigenvalue weighted by Gasteiger charge is -2.44. The number of imide groups is 2. The van der Waals surface area contributed by atoms with E-state index in [-0.39, 0.29) is 38.5 Å². The topological polar surface area (TPSA) is 146 Å². The van der Waals surface area contributed by atoms with Gasteiger partial charge in [-0.25, -0.2) is 9.59 Å². The van der Waals surface area contributed by atoms with Crippen molar-refractivity contribution in [3.05, 3.63) is 0 Å². The van der Waals surface area contributed by atoms with Crippen molar-refractivity contribution in [1.29, 1.82) is 0 Å². The van der Waals surface area contributed by atoms with E-state index in [2.05, 4.69) is 5.92 Å². The van der Waals surface area contributed by atoms with Gasteiger partial charge in [0.15, 0.2) is 5.79 Å². The minimum Gasteiger partial charge on any atom is -0.349 e. The molecule has 3 heterocycles. The number of carbonyl (C=O) groups excluding carboxylic acids is 6. The summed E-state index contributed by atoms with van der Waals surface area (Å²) in [6.45, 7) is 2.58. The van der Waals surface area contributed by atoms with Crippen LogP contribution in [-0.4, -0.2) is 87.7 Å². The monoisotopic (exact) mass is 584 g/mol. The molecule has 0 aliphatic carbocycles. The highest BCUT2D eigenvalue weighted by molar-refractivity contribution is 8.00. The van der Waals surface area contributed by atoms with Gasteiger partial charge in [0.2, 0.25) is 0 Å². The highest BCUT2D eigenvalue weighted by atomic mass is 32.2. The summed E-state index contributed by atoms with van der Waals surface area (Å²) < 4.78 is 12.1. The van der Waals surface area contributed by atoms with Crippen LogP contribution >= 0.6 is 23.5 Å². The molecular weight excluding hydrogens is 552 g/mol. The van der Waals surface area contributed by atoms with E-state index in [0.29, 0.717) is 59.2 Å². The molecule has 0 unspecified atom stereocenters. The molecule has 4 amide bonds. The van der Waals surface area contributed by atoms with Crippen LogP contribution in [0.25, 0.3) is 0 Å². The maximum absolute atomic E-state index is 12.1. The number of amides is 4. The van der Waals surface area contributed by atoms with Crippen molar-refractivity contribution in [3.63, 3.8) is 0 Å². The number of hydroxylamine groups is 4. The van der Waals surface area contributed by atoms with Gasteiger partial charge in [-0.1, -0.05) is 0 Å². The van der Waals surface area contributed by atoms with Crippen molar-refractivity contribution < 1.29 is 47.9 Å². The summed E-state index contributed by atoms with van der Waals surface area (Å²) in [6.07, 6.45) is 6.57. The highest BCUT2D eigenvalue weighted by Gasteiger charge is 2.42. The molecule has 3 aliphatic heterocycles. The van der Waals surface area contributed by atoms with Crippen LogP contribution in [0.2, 0.25) is 0 Å². The average molecular weight is 585 g/mol. The smallest absolute Gasteiger partial charge is 0.334 e. The fourth-order valence-electron chi connectivity index (χ4n) is 3.85. The lowest BCUT2D eigenvalue weighted by atomic mass is 9.93. The van der Waals surface area contributed by atoms with Crippen molar-refractivity contribution in [2.45, 2.75) is 64.1 Å². The number of carbonyl (C=O) groups is 6. The summed E-state index contributed by atoms with van der Waals surface area (Å²) in [7, 11) is 0. The predicted octanol–water partition coefficient (Wildman–Crippen LogP) is 1.61. The molecule has 0 radical (unpaired) electrons. The van der Waals surface area contributed by atoms with E-state index >= 15 is 0 Å². The van der Waals surface area contributed by atoms with E-state index in [1.165, 1.54) is 23.5 Å². The molecule has 12 nitrogen and oxygen atoms in total. The summed E-state index contributed by atoms with van der Waals surface area (Å²) in [5.74, 6) is 0.269. The normalized spacial score (nSPS) is 20.3. The Hall–Kier alpha value is -2.60. The molecule has 0 N–H and O–H groups in total. The Kier molecular flexibility index (Phi) is 11.2. The number of thioether (sulfide) groups is 2. The molecule has 39 heavy (non-hydrogen) atoms. The molecule has 3 fully saturated rings. The Morgan fingerprint density at radius 2 is 1.26 bits per heavy atom. The summed E-state index contributed by atoms with van der Waals surface area (Å²) >= 11 is 2.96. The van der Waals surface area contributed by atoms with Gasteiger partial charge in [-0.3, -0.25) is 19.2 Å². The quantitative estimate of drug-likeness (QED) is 0.166. The van der Waals surface area contributed by atoms with Crippen molar-refractivity contribution in [2.24, 2.45) is 5.41 Å². The van der Waals surface area contributed by atoms with Gasteiger partial charge in [0.1, 0.15) is 0 Å². The molecule has 3 saturated heterocycles. The number of hydrogen-bond donors (Lipinski definition) is 0. The lowest BCUT2D eigenvalue weighted by molar-refractivity contribution is -0.289. The molecule has 0 aromatic rings. The van der Waals surface area contributed by atoms with Crippen molar-refractivity contribution in [2.75, 3.05) is 36.2 Å². The van der Waals surface area contributed by atoms with E-state index in [4.69, 9.17) is 25.6 Å². The van der Waals surface area contributed by atoms with E-state index in [1.54, 1.807) is 0 Å². The number of rotatable bonds is 14. The first-order valence-corrected chi connectivity index (χ1v) is 14.9. The largest absolute Gasteiger partial charge is 0.349 e. The zero-order chi connectivity index (χ0) is 28.5. The van der Waals surface area contributed by atoms with Crippen LogP contribution in [0.1, 0.15) is 58.3 Å². The van der Waals surface area contributed by atoms with E-state index in [9.17, 15) is 28.8 Å². The minimum atomic E-state index is -0.803. The van der Waals surface area contributed by atoms with Crippen LogP contribution in [0.4, 0.5) is 0 Å².